The number of Topliss-reactive ketones (excluding diaryl/α,β-unsaturated/α-hetero) is 1. The molecule has 0 spiro atoms. The summed E-state index contributed by atoms with van der Waals surface area (Å²) in [5.41, 5.74) is 1.90. The second-order valence-corrected chi connectivity index (χ2v) is 5.35. The maximum atomic E-state index is 12.3. The van der Waals surface area contributed by atoms with E-state index in [4.69, 9.17) is 14.2 Å². The van der Waals surface area contributed by atoms with E-state index in [0.29, 0.717) is 34.1 Å². The van der Waals surface area contributed by atoms with Gasteiger partial charge in [-0.05, 0) is 37.3 Å². The van der Waals surface area contributed by atoms with E-state index in [9.17, 15) is 9.59 Å². The van der Waals surface area contributed by atoms with Crippen molar-refractivity contribution in [2.24, 2.45) is 0 Å². The van der Waals surface area contributed by atoms with Crippen LogP contribution >= 0.6 is 0 Å². The fourth-order valence-electron chi connectivity index (χ4n) is 2.47. The van der Waals surface area contributed by atoms with Crippen LogP contribution in [0.25, 0.3) is 0 Å². The standard InChI is InChI=1S/C19H21NO5/c1-12(21)13-5-8-15(9-6-13)20-17(22)11-14-7-10-16(23-2)19(25-4)18(14)24-3/h5-10H,11H2,1-4H3,(H,20,22). The van der Waals surface area contributed by atoms with Gasteiger partial charge in [0.05, 0.1) is 27.8 Å². The zero-order valence-electron chi connectivity index (χ0n) is 14.7. The van der Waals surface area contributed by atoms with Gasteiger partial charge in [0.1, 0.15) is 0 Å². The largest absolute Gasteiger partial charge is 0.493 e. The topological polar surface area (TPSA) is 73.9 Å². The lowest BCUT2D eigenvalue weighted by atomic mass is 10.1. The van der Waals surface area contributed by atoms with Crippen LogP contribution in [0.4, 0.5) is 5.69 Å². The zero-order chi connectivity index (χ0) is 18.4. The average Bonchev–Trinajstić information content (AvgIpc) is 2.61. The van der Waals surface area contributed by atoms with Crippen LogP contribution in [0.1, 0.15) is 22.8 Å². The Balaban J connectivity index is 2.16. The van der Waals surface area contributed by atoms with Crippen LogP contribution in [0.2, 0.25) is 0 Å². The first kappa shape index (κ1) is 18.3. The Bertz CT molecular complexity index is 768. The minimum absolute atomic E-state index is 0.0204. The molecule has 0 fully saturated rings. The number of anilines is 1. The molecule has 132 valence electrons. The number of methoxy groups -OCH3 is 3. The molecule has 0 saturated heterocycles. The van der Waals surface area contributed by atoms with Crippen LogP contribution in [-0.4, -0.2) is 33.0 Å². The lowest BCUT2D eigenvalue weighted by Crippen LogP contribution is -2.15. The van der Waals surface area contributed by atoms with Crippen molar-refractivity contribution in [2.75, 3.05) is 26.6 Å². The van der Waals surface area contributed by atoms with Gasteiger partial charge in [0, 0.05) is 16.8 Å². The Kier molecular flexibility index (Phi) is 6.00. The second-order valence-electron chi connectivity index (χ2n) is 5.35. The number of carbonyl (C=O) groups excluding carboxylic acids is 2. The Labute approximate surface area is 146 Å². The fourth-order valence-corrected chi connectivity index (χ4v) is 2.47. The summed E-state index contributed by atoms with van der Waals surface area (Å²) in [6.07, 6.45) is 0.109. The molecule has 2 aromatic carbocycles. The van der Waals surface area contributed by atoms with Crippen molar-refractivity contribution in [3.8, 4) is 17.2 Å². The summed E-state index contributed by atoms with van der Waals surface area (Å²) >= 11 is 0. The zero-order valence-corrected chi connectivity index (χ0v) is 14.7. The molecule has 1 N–H and O–H groups in total. The third-order valence-electron chi connectivity index (χ3n) is 3.71. The number of amides is 1. The van der Waals surface area contributed by atoms with Crippen molar-refractivity contribution < 1.29 is 23.8 Å². The summed E-state index contributed by atoms with van der Waals surface area (Å²) in [6.45, 7) is 1.50. The molecule has 0 heterocycles. The first-order valence-electron chi connectivity index (χ1n) is 7.68. The van der Waals surface area contributed by atoms with Gasteiger partial charge >= 0.3 is 0 Å². The van der Waals surface area contributed by atoms with Gasteiger partial charge in [0.25, 0.3) is 0 Å². The molecular weight excluding hydrogens is 322 g/mol. The van der Waals surface area contributed by atoms with Crippen molar-refractivity contribution >= 4 is 17.4 Å². The van der Waals surface area contributed by atoms with E-state index >= 15 is 0 Å². The summed E-state index contributed by atoms with van der Waals surface area (Å²) in [5, 5.41) is 2.80. The lowest BCUT2D eigenvalue weighted by Gasteiger charge is -2.15. The third-order valence-corrected chi connectivity index (χ3v) is 3.71. The van der Waals surface area contributed by atoms with Crippen LogP contribution in [0.15, 0.2) is 36.4 Å². The Morgan fingerprint density at radius 3 is 2.04 bits per heavy atom. The van der Waals surface area contributed by atoms with Gasteiger partial charge in [0.2, 0.25) is 11.7 Å². The first-order valence-corrected chi connectivity index (χ1v) is 7.68. The van der Waals surface area contributed by atoms with Gasteiger partial charge < -0.3 is 19.5 Å². The number of nitrogens with one attached hydrogen (secondary N) is 1. The summed E-state index contributed by atoms with van der Waals surface area (Å²) < 4.78 is 15.9. The van der Waals surface area contributed by atoms with Gasteiger partial charge in [-0.25, -0.2) is 0 Å². The summed E-state index contributed by atoms with van der Waals surface area (Å²) in [7, 11) is 4.56. The van der Waals surface area contributed by atoms with Gasteiger partial charge in [0.15, 0.2) is 17.3 Å². The minimum atomic E-state index is -0.207. The molecule has 0 aliphatic carbocycles. The van der Waals surface area contributed by atoms with Gasteiger partial charge in [-0.3, -0.25) is 9.59 Å². The second kappa shape index (κ2) is 8.19. The number of carbonyl (C=O) groups is 2. The van der Waals surface area contributed by atoms with Crippen LogP contribution < -0.4 is 19.5 Å². The minimum Gasteiger partial charge on any atom is -0.493 e. The first-order chi connectivity index (χ1) is 12.0. The quantitative estimate of drug-likeness (QED) is 0.782. The molecule has 0 unspecified atom stereocenters. The van der Waals surface area contributed by atoms with E-state index in [-0.39, 0.29) is 18.1 Å². The van der Waals surface area contributed by atoms with Gasteiger partial charge in [-0.1, -0.05) is 6.07 Å². The highest BCUT2D eigenvalue weighted by atomic mass is 16.5. The van der Waals surface area contributed by atoms with Crippen LogP contribution in [0, 0.1) is 0 Å². The van der Waals surface area contributed by atoms with E-state index in [1.54, 1.807) is 36.4 Å². The van der Waals surface area contributed by atoms with Crippen LogP contribution in [0.5, 0.6) is 17.2 Å². The van der Waals surface area contributed by atoms with E-state index in [2.05, 4.69) is 5.32 Å². The number of hydrogen-bond donors (Lipinski definition) is 1. The number of hydrogen-bond acceptors (Lipinski definition) is 5. The highest BCUT2D eigenvalue weighted by Gasteiger charge is 2.17. The summed E-state index contributed by atoms with van der Waals surface area (Å²) in [6, 6.07) is 10.2. The number of benzene rings is 2. The van der Waals surface area contributed by atoms with Crippen molar-refractivity contribution in [3.63, 3.8) is 0 Å². The lowest BCUT2D eigenvalue weighted by molar-refractivity contribution is -0.115. The van der Waals surface area contributed by atoms with E-state index in [1.807, 2.05) is 0 Å². The molecule has 2 aromatic rings. The molecule has 0 aliphatic heterocycles. The Hall–Kier alpha value is -3.02. The van der Waals surface area contributed by atoms with Gasteiger partial charge in [-0.2, -0.15) is 0 Å². The van der Waals surface area contributed by atoms with E-state index in [1.165, 1.54) is 28.3 Å². The molecule has 0 atom stereocenters. The van der Waals surface area contributed by atoms with Gasteiger partial charge in [-0.15, -0.1) is 0 Å². The molecule has 25 heavy (non-hydrogen) atoms. The maximum absolute atomic E-state index is 12.3. The molecule has 0 saturated carbocycles. The maximum Gasteiger partial charge on any atom is 0.228 e. The molecule has 0 aromatic heterocycles. The predicted octanol–water partition coefficient (Wildman–Crippen LogP) is 3.10. The Morgan fingerprint density at radius 2 is 1.52 bits per heavy atom. The summed E-state index contributed by atoms with van der Waals surface area (Å²) in [4.78, 5) is 23.6. The highest BCUT2D eigenvalue weighted by Crippen LogP contribution is 2.39. The number of rotatable bonds is 7. The molecule has 0 bridgehead atoms. The fraction of sp³-hybridized carbons (Fsp3) is 0.263. The van der Waals surface area contributed by atoms with Crippen molar-refractivity contribution in [2.45, 2.75) is 13.3 Å². The SMILES string of the molecule is COc1ccc(CC(=O)Nc2ccc(C(C)=O)cc2)c(OC)c1OC. The average molecular weight is 343 g/mol. The Morgan fingerprint density at radius 1 is 0.880 bits per heavy atom. The normalized spacial score (nSPS) is 10.1. The van der Waals surface area contributed by atoms with Crippen LogP contribution in [-0.2, 0) is 11.2 Å². The molecule has 0 radical (unpaired) electrons. The third kappa shape index (κ3) is 4.29. The smallest absolute Gasteiger partial charge is 0.228 e. The molecule has 6 nitrogen and oxygen atoms in total. The molecule has 0 aliphatic rings. The predicted molar refractivity (Wildman–Crippen MR) is 94.9 cm³/mol. The van der Waals surface area contributed by atoms with Crippen molar-refractivity contribution in [3.05, 3.63) is 47.5 Å². The monoisotopic (exact) mass is 343 g/mol. The van der Waals surface area contributed by atoms with Crippen molar-refractivity contribution in [1.29, 1.82) is 0 Å². The van der Waals surface area contributed by atoms with Crippen molar-refractivity contribution in [1.82, 2.24) is 0 Å². The number of ether oxygens (including phenoxy) is 3. The molecular formula is C19H21NO5. The highest BCUT2D eigenvalue weighted by molar-refractivity contribution is 5.96. The van der Waals surface area contributed by atoms with Crippen LogP contribution in [0.3, 0.4) is 0 Å². The molecule has 1 amide bonds. The molecule has 2 rings (SSSR count). The molecule has 6 heteroatoms. The number of ketones is 1. The van der Waals surface area contributed by atoms with E-state index in [0.717, 1.165) is 0 Å². The summed E-state index contributed by atoms with van der Waals surface area (Å²) in [5.74, 6) is 1.21. The van der Waals surface area contributed by atoms with E-state index < -0.39 is 0 Å².